The molecular formula is C12H24O2Si. The summed E-state index contributed by atoms with van der Waals surface area (Å²) in [7, 11) is -0.842. The van der Waals surface area contributed by atoms with E-state index < -0.39 is 10.0 Å². The third kappa shape index (κ3) is 7.53. The van der Waals surface area contributed by atoms with Gasteiger partial charge in [-0.1, -0.05) is 26.0 Å². The monoisotopic (exact) mass is 228 g/mol. The molecule has 3 heteroatoms. The molecule has 0 saturated carbocycles. The van der Waals surface area contributed by atoms with Crippen LogP contribution in [0.4, 0.5) is 0 Å². The molecule has 0 aromatic carbocycles. The first kappa shape index (κ1) is 14.6. The Balaban J connectivity index is 3.63. The molecule has 0 amide bonds. The Labute approximate surface area is 96.4 Å². The molecule has 2 unspecified atom stereocenters. The smallest absolute Gasteiger partial charge is 0.304 e. The zero-order valence-corrected chi connectivity index (χ0v) is 11.5. The van der Waals surface area contributed by atoms with Crippen LogP contribution in [-0.2, 0) is 8.85 Å². The van der Waals surface area contributed by atoms with Gasteiger partial charge in [-0.05, 0) is 25.7 Å². The second-order valence-corrected chi connectivity index (χ2v) is 4.46. The van der Waals surface area contributed by atoms with Crippen molar-refractivity contribution in [2.45, 2.75) is 51.7 Å². The Morgan fingerprint density at radius 2 is 1.40 bits per heavy atom. The maximum absolute atomic E-state index is 5.72. The van der Waals surface area contributed by atoms with E-state index in [9.17, 15) is 0 Å². The van der Waals surface area contributed by atoms with E-state index in [0.717, 1.165) is 25.7 Å². The Morgan fingerprint density at radius 1 is 1.00 bits per heavy atom. The van der Waals surface area contributed by atoms with Crippen LogP contribution < -0.4 is 0 Å². The first-order valence-electron chi connectivity index (χ1n) is 5.73. The van der Waals surface area contributed by atoms with Gasteiger partial charge < -0.3 is 8.85 Å². The van der Waals surface area contributed by atoms with E-state index >= 15 is 0 Å². The molecule has 2 atom stereocenters. The summed E-state index contributed by atoms with van der Waals surface area (Å²) in [6, 6.07) is 0. The Kier molecular flexibility index (Phi) is 9.89. The highest BCUT2D eigenvalue weighted by Gasteiger charge is 2.07. The van der Waals surface area contributed by atoms with Crippen LogP contribution in [-0.4, -0.2) is 22.2 Å². The van der Waals surface area contributed by atoms with Crippen molar-refractivity contribution in [2.24, 2.45) is 0 Å². The quantitative estimate of drug-likeness (QED) is 0.423. The summed E-state index contributed by atoms with van der Waals surface area (Å²) in [6.45, 7) is 11.7. The van der Waals surface area contributed by atoms with E-state index in [2.05, 4.69) is 27.0 Å². The molecule has 0 aliphatic heterocycles. The van der Waals surface area contributed by atoms with Crippen LogP contribution in [0.15, 0.2) is 25.3 Å². The van der Waals surface area contributed by atoms with Gasteiger partial charge in [0.25, 0.3) is 0 Å². The predicted molar refractivity (Wildman–Crippen MR) is 68.5 cm³/mol. The third-order valence-corrected chi connectivity index (χ3v) is 3.59. The van der Waals surface area contributed by atoms with Crippen molar-refractivity contribution < 1.29 is 8.85 Å². The van der Waals surface area contributed by atoms with Gasteiger partial charge in [0.15, 0.2) is 0 Å². The molecule has 0 N–H and O–H groups in total. The van der Waals surface area contributed by atoms with Crippen LogP contribution >= 0.6 is 0 Å². The lowest BCUT2D eigenvalue weighted by Crippen LogP contribution is -2.21. The second kappa shape index (κ2) is 10.1. The normalized spacial score (nSPS) is 15.3. The summed E-state index contributed by atoms with van der Waals surface area (Å²) in [5, 5.41) is 0. The lowest BCUT2D eigenvalue weighted by molar-refractivity contribution is 0.117. The molecule has 0 saturated heterocycles. The minimum atomic E-state index is -0.842. The first-order chi connectivity index (χ1) is 7.28. The highest BCUT2D eigenvalue weighted by atomic mass is 28.3. The van der Waals surface area contributed by atoms with Crippen molar-refractivity contribution >= 4 is 10.0 Å². The van der Waals surface area contributed by atoms with Crippen LogP contribution in [0.2, 0.25) is 0 Å². The lowest BCUT2D eigenvalue weighted by Gasteiger charge is -2.18. The highest BCUT2D eigenvalue weighted by Crippen LogP contribution is 2.06. The maximum atomic E-state index is 5.72. The van der Waals surface area contributed by atoms with Crippen molar-refractivity contribution in [3.8, 4) is 0 Å². The van der Waals surface area contributed by atoms with Crippen molar-refractivity contribution in [3.63, 3.8) is 0 Å². The predicted octanol–water partition coefficient (Wildman–Crippen LogP) is 2.73. The fourth-order valence-electron chi connectivity index (χ4n) is 1.31. The molecule has 0 aliphatic carbocycles. The third-order valence-electron chi connectivity index (χ3n) is 2.38. The van der Waals surface area contributed by atoms with Gasteiger partial charge >= 0.3 is 10.0 Å². The van der Waals surface area contributed by atoms with E-state index in [-0.39, 0.29) is 0 Å². The number of rotatable bonds is 10. The summed E-state index contributed by atoms with van der Waals surface area (Å²) in [4.78, 5) is 0. The molecule has 0 bridgehead atoms. The molecule has 0 fully saturated rings. The second-order valence-electron chi connectivity index (χ2n) is 3.56. The van der Waals surface area contributed by atoms with Crippen molar-refractivity contribution in [1.29, 1.82) is 0 Å². The molecule has 0 aromatic rings. The largest absolute Gasteiger partial charge is 0.395 e. The van der Waals surface area contributed by atoms with Gasteiger partial charge in [0.1, 0.15) is 0 Å². The summed E-state index contributed by atoms with van der Waals surface area (Å²) >= 11 is 0. The Bertz CT molecular complexity index is 153. The molecule has 0 aliphatic rings. The Hall–Kier alpha value is -0.383. The number of hydrogen-bond donors (Lipinski definition) is 0. The van der Waals surface area contributed by atoms with Gasteiger partial charge in [0, 0.05) is 12.2 Å². The molecule has 0 heterocycles. The van der Waals surface area contributed by atoms with Gasteiger partial charge in [-0.2, -0.15) is 0 Å². The average molecular weight is 228 g/mol. The molecule has 15 heavy (non-hydrogen) atoms. The van der Waals surface area contributed by atoms with E-state index in [4.69, 9.17) is 8.85 Å². The van der Waals surface area contributed by atoms with Gasteiger partial charge in [0.2, 0.25) is 0 Å². The fraction of sp³-hybridized carbons (Fsp3) is 0.667. The molecule has 88 valence electrons. The van der Waals surface area contributed by atoms with Crippen molar-refractivity contribution in [1.82, 2.24) is 0 Å². The van der Waals surface area contributed by atoms with E-state index in [0.29, 0.717) is 12.2 Å². The average Bonchev–Trinajstić information content (AvgIpc) is 2.26. The standard InChI is InChI=1S/C12H24O2Si/c1-5-9-11(7-3)13-15-14-12(8-4)10-6-2/h5-6,11-12H,1-2,7-10,15H2,3-4H3. The molecule has 0 radical (unpaired) electrons. The zero-order chi connectivity index (χ0) is 11.5. The van der Waals surface area contributed by atoms with Crippen molar-refractivity contribution in [3.05, 3.63) is 25.3 Å². The van der Waals surface area contributed by atoms with Crippen LogP contribution in [0.1, 0.15) is 39.5 Å². The van der Waals surface area contributed by atoms with Crippen molar-refractivity contribution in [2.75, 3.05) is 0 Å². The van der Waals surface area contributed by atoms with E-state index in [1.165, 1.54) is 0 Å². The summed E-state index contributed by atoms with van der Waals surface area (Å²) in [6.07, 6.45) is 8.32. The lowest BCUT2D eigenvalue weighted by atomic mass is 10.2. The van der Waals surface area contributed by atoms with E-state index in [1.807, 2.05) is 12.2 Å². The summed E-state index contributed by atoms with van der Waals surface area (Å²) in [5.41, 5.74) is 0. The van der Waals surface area contributed by atoms with Crippen LogP contribution in [0.25, 0.3) is 0 Å². The maximum Gasteiger partial charge on any atom is 0.304 e. The topological polar surface area (TPSA) is 18.5 Å². The Morgan fingerprint density at radius 3 is 1.67 bits per heavy atom. The molecule has 0 spiro atoms. The molecule has 0 rings (SSSR count). The zero-order valence-electron chi connectivity index (χ0n) is 10.1. The van der Waals surface area contributed by atoms with Crippen LogP contribution in [0, 0.1) is 0 Å². The van der Waals surface area contributed by atoms with Gasteiger partial charge in [-0.25, -0.2) is 0 Å². The minimum Gasteiger partial charge on any atom is -0.395 e. The van der Waals surface area contributed by atoms with Crippen LogP contribution in [0.3, 0.4) is 0 Å². The highest BCUT2D eigenvalue weighted by molar-refractivity contribution is 6.18. The molecular weight excluding hydrogens is 204 g/mol. The minimum absolute atomic E-state index is 0.301. The SMILES string of the molecule is C=CCC(CC)O[SiH2]OC(CC)CC=C. The summed E-state index contributed by atoms with van der Waals surface area (Å²) < 4.78 is 11.4. The molecule has 0 aromatic heterocycles. The molecule has 2 nitrogen and oxygen atoms in total. The van der Waals surface area contributed by atoms with Gasteiger partial charge in [0.05, 0.1) is 0 Å². The van der Waals surface area contributed by atoms with Crippen LogP contribution in [0.5, 0.6) is 0 Å². The summed E-state index contributed by atoms with van der Waals surface area (Å²) in [5.74, 6) is 0. The fourth-order valence-corrected chi connectivity index (χ4v) is 2.52. The van der Waals surface area contributed by atoms with Gasteiger partial charge in [-0.15, -0.1) is 13.2 Å². The van der Waals surface area contributed by atoms with E-state index in [1.54, 1.807) is 0 Å². The number of hydrogen-bond acceptors (Lipinski definition) is 2. The first-order valence-corrected chi connectivity index (χ1v) is 6.88. The van der Waals surface area contributed by atoms with Gasteiger partial charge in [-0.3, -0.25) is 0 Å².